The minimum Gasteiger partial charge on any atom is -0.382 e. The third-order valence-electron chi connectivity index (χ3n) is 4.17. The van der Waals surface area contributed by atoms with Crippen molar-refractivity contribution < 1.29 is 9.47 Å². The lowest BCUT2D eigenvalue weighted by Gasteiger charge is -2.37. The molecule has 4 nitrogen and oxygen atoms in total. The van der Waals surface area contributed by atoms with Gasteiger partial charge in [-0.15, -0.1) is 0 Å². The highest BCUT2D eigenvalue weighted by Crippen LogP contribution is 2.33. The summed E-state index contributed by atoms with van der Waals surface area (Å²) in [6, 6.07) is 10.7. The molecule has 2 atom stereocenters. The van der Waals surface area contributed by atoms with Crippen LogP contribution < -0.4 is 5.32 Å². The SMILES string of the molecule is N#CCc1ccc(NC2CCOC3(CCOC3)C2)cc1. The van der Waals surface area contributed by atoms with Crippen molar-refractivity contribution in [2.45, 2.75) is 37.3 Å². The summed E-state index contributed by atoms with van der Waals surface area (Å²) in [5.74, 6) is 0. The smallest absolute Gasteiger partial charge is 0.0956 e. The number of nitrogens with one attached hydrogen (secondary N) is 1. The standard InChI is InChI=1S/C16H20N2O2/c17-8-5-13-1-3-14(4-2-13)18-15-6-9-20-16(11-15)7-10-19-12-16/h1-4,15,18H,5-7,9-12H2. The first kappa shape index (κ1) is 13.4. The van der Waals surface area contributed by atoms with Crippen molar-refractivity contribution in [3.05, 3.63) is 29.8 Å². The van der Waals surface area contributed by atoms with Crippen LogP contribution in [0.1, 0.15) is 24.8 Å². The van der Waals surface area contributed by atoms with E-state index in [1.165, 1.54) is 0 Å². The summed E-state index contributed by atoms with van der Waals surface area (Å²) in [6.07, 6.45) is 3.51. The first-order valence-corrected chi connectivity index (χ1v) is 7.24. The summed E-state index contributed by atoms with van der Waals surface area (Å²) in [5.41, 5.74) is 2.12. The number of nitriles is 1. The molecule has 0 aliphatic carbocycles. The number of hydrogen-bond donors (Lipinski definition) is 1. The number of rotatable bonds is 3. The summed E-state index contributed by atoms with van der Waals surface area (Å²) >= 11 is 0. The zero-order valence-corrected chi connectivity index (χ0v) is 11.6. The normalized spacial score (nSPS) is 29.2. The Morgan fingerprint density at radius 2 is 2.15 bits per heavy atom. The van der Waals surface area contributed by atoms with Crippen molar-refractivity contribution >= 4 is 5.69 Å². The van der Waals surface area contributed by atoms with Gasteiger partial charge in [0.2, 0.25) is 0 Å². The van der Waals surface area contributed by atoms with Gasteiger partial charge < -0.3 is 14.8 Å². The molecule has 0 aromatic heterocycles. The molecule has 0 saturated carbocycles. The Bertz CT molecular complexity index is 486. The second-order valence-corrected chi connectivity index (χ2v) is 5.70. The van der Waals surface area contributed by atoms with E-state index in [0.29, 0.717) is 12.5 Å². The van der Waals surface area contributed by atoms with Crippen LogP contribution in [0.2, 0.25) is 0 Å². The Morgan fingerprint density at radius 1 is 1.30 bits per heavy atom. The van der Waals surface area contributed by atoms with Crippen molar-refractivity contribution in [3.8, 4) is 6.07 Å². The highest BCUT2D eigenvalue weighted by Gasteiger charge is 2.40. The molecule has 1 aromatic rings. The van der Waals surface area contributed by atoms with Crippen LogP contribution in [0.5, 0.6) is 0 Å². The molecule has 2 aliphatic rings. The van der Waals surface area contributed by atoms with E-state index in [0.717, 1.165) is 50.3 Å². The fraction of sp³-hybridized carbons (Fsp3) is 0.562. The fourth-order valence-corrected chi connectivity index (χ4v) is 3.06. The van der Waals surface area contributed by atoms with Crippen LogP contribution in [0.4, 0.5) is 5.69 Å². The third-order valence-corrected chi connectivity index (χ3v) is 4.17. The Balaban J connectivity index is 1.61. The molecule has 2 heterocycles. The minimum atomic E-state index is -0.0589. The summed E-state index contributed by atoms with van der Waals surface area (Å²) < 4.78 is 11.4. The average molecular weight is 272 g/mol. The highest BCUT2D eigenvalue weighted by molar-refractivity contribution is 5.46. The molecule has 106 valence electrons. The van der Waals surface area contributed by atoms with E-state index < -0.39 is 0 Å². The van der Waals surface area contributed by atoms with Gasteiger partial charge in [0.15, 0.2) is 0 Å². The highest BCUT2D eigenvalue weighted by atomic mass is 16.6. The van der Waals surface area contributed by atoms with Crippen molar-refractivity contribution in [3.63, 3.8) is 0 Å². The van der Waals surface area contributed by atoms with Crippen LogP contribution in [0.25, 0.3) is 0 Å². The maximum atomic E-state index is 8.68. The predicted molar refractivity (Wildman–Crippen MR) is 76.5 cm³/mol. The molecular weight excluding hydrogens is 252 g/mol. The fourth-order valence-electron chi connectivity index (χ4n) is 3.06. The van der Waals surface area contributed by atoms with Crippen LogP contribution in [0.3, 0.4) is 0 Å². The molecule has 1 spiro atoms. The molecule has 0 radical (unpaired) electrons. The summed E-state index contributed by atoms with van der Waals surface area (Å²) in [7, 11) is 0. The van der Waals surface area contributed by atoms with E-state index in [1.54, 1.807) is 0 Å². The van der Waals surface area contributed by atoms with E-state index in [2.05, 4.69) is 23.5 Å². The van der Waals surface area contributed by atoms with Crippen molar-refractivity contribution in [2.75, 3.05) is 25.1 Å². The first-order valence-electron chi connectivity index (χ1n) is 7.24. The van der Waals surface area contributed by atoms with E-state index >= 15 is 0 Å². The largest absolute Gasteiger partial charge is 0.382 e. The molecule has 2 saturated heterocycles. The molecule has 1 N–H and O–H groups in total. The number of nitrogens with zero attached hydrogens (tertiary/aromatic N) is 1. The average Bonchev–Trinajstić information content (AvgIpc) is 2.89. The zero-order chi connectivity index (χ0) is 13.8. The number of benzene rings is 1. The predicted octanol–water partition coefficient (Wildman–Crippen LogP) is 2.50. The van der Waals surface area contributed by atoms with Crippen molar-refractivity contribution in [1.29, 1.82) is 5.26 Å². The molecule has 4 heteroatoms. The van der Waals surface area contributed by atoms with Crippen LogP contribution in [0.15, 0.2) is 24.3 Å². The van der Waals surface area contributed by atoms with Crippen molar-refractivity contribution in [1.82, 2.24) is 0 Å². The molecule has 3 rings (SSSR count). The Kier molecular flexibility index (Phi) is 3.90. The summed E-state index contributed by atoms with van der Waals surface area (Å²) in [4.78, 5) is 0. The van der Waals surface area contributed by atoms with Crippen LogP contribution in [-0.2, 0) is 15.9 Å². The lowest BCUT2D eigenvalue weighted by atomic mass is 9.89. The van der Waals surface area contributed by atoms with E-state index in [1.807, 2.05) is 12.1 Å². The molecule has 1 aromatic carbocycles. The maximum absolute atomic E-state index is 8.68. The number of ether oxygens (including phenoxy) is 2. The Labute approximate surface area is 119 Å². The van der Waals surface area contributed by atoms with Gasteiger partial charge >= 0.3 is 0 Å². The van der Waals surface area contributed by atoms with E-state index in [-0.39, 0.29) is 5.60 Å². The third kappa shape index (κ3) is 2.95. The Morgan fingerprint density at radius 3 is 2.85 bits per heavy atom. The summed E-state index contributed by atoms with van der Waals surface area (Å²) in [5, 5.41) is 12.3. The number of anilines is 1. The van der Waals surface area contributed by atoms with Gasteiger partial charge in [0.05, 0.1) is 24.7 Å². The van der Waals surface area contributed by atoms with Crippen molar-refractivity contribution in [2.24, 2.45) is 0 Å². The molecule has 2 fully saturated rings. The van der Waals surface area contributed by atoms with E-state index in [4.69, 9.17) is 14.7 Å². The molecule has 2 unspecified atom stereocenters. The Hall–Kier alpha value is -1.57. The topological polar surface area (TPSA) is 54.3 Å². The van der Waals surface area contributed by atoms with Gasteiger partial charge in [0.1, 0.15) is 0 Å². The van der Waals surface area contributed by atoms with E-state index in [9.17, 15) is 0 Å². The van der Waals surface area contributed by atoms with Gasteiger partial charge in [-0.25, -0.2) is 0 Å². The second kappa shape index (κ2) is 5.82. The quantitative estimate of drug-likeness (QED) is 0.918. The van der Waals surface area contributed by atoms with Gasteiger partial charge in [-0.1, -0.05) is 12.1 Å². The van der Waals surface area contributed by atoms with Crippen LogP contribution in [-0.4, -0.2) is 31.5 Å². The second-order valence-electron chi connectivity index (χ2n) is 5.70. The van der Waals surface area contributed by atoms with Gasteiger partial charge in [-0.2, -0.15) is 5.26 Å². The lowest BCUT2D eigenvalue weighted by molar-refractivity contribution is -0.0828. The molecule has 0 amide bonds. The molecule has 20 heavy (non-hydrogen) atoms. The van der Waals surface area contributed by atoms with Crippen LogP contribution in [0, 0.1) is 11.3 Å². The molecule has 2 aliphatic heterocycles. The molecular formula is C16H20N2O2. The van der Waals surface area contributed by atoms with Gasteiger partial charge in [-0.3, -0.25) is 0 Å². The first-order chi connectivity index (χ1) is 9.80. The monoisotopic (exact) mass is 272 g/mol. The number of hydrogen-bond acceptors (Lipinski definition) is 4. The maximum Gasteiger partial charge on any atom is 0.0956 e. The lowest BCUT2D eigenvalue weighted by Crippen LogP contribution is -2.44. The van der Waals surface area contributed by atoms with Gasteiger partial charge in [0.25, 0.3) is 0 Å². The zero-order valence-electron chi connectivity index (χ0n) is 11.6. The summed E-state index contributed by atoms with van der Waals surface area (Å²) in [6.45, 7) is 2.34. The minimum absolute atomic E-state index is 0.0589. The van der Waals surface area contributed by atoms with Gasteiger partial charge in [0, 0.05) is 31.4 Å². The van der Waals surface area contributed by atoms with Crippen LogP contribution >= 0.6 is 0 Å². The molecule has 0 bridgehead atoms. The van der Waals surface area contributed by atoms with Gasteiger partial charge in [-0.05, 0) is 30.5 Å².